The molecule has 1 heterocycles. The van der Waals surface area contributed by atoms with Gasteiger partial charge in [-0.2, -0.15) is 0 Å². The van der Waals surface area contributed by atoms with Crippen LogP contribution in [-0.4, -0.2) is 25.8 Å². The highest BCUT2D eigenvalue weighted by Crippen LogP contribution is 2.28. The minimum Gasteiger partial charge on any atom is -0.372 e. The molecule has 0 atom stereocenters. The van der Waals surface area contributed by atoms with Crippen LogP contribution in [-0.2, 0) is 0 Å². The predicted molar refractivity (Wildman–Crippen MR) is 81.7 cm³/mol. The van der Waals surface area contributed by atoms with Gasteiger partial charge in [-0.05, 0) is 18.2 Å². The van der Waals surface area contributed by atoms with E-state index in [1.807, 2.05) is 30.3 Å². The zero-order valence-electron chi connectivity index (χ0n) is 13.3. The van der Waals surface area contributed by atoms with Gasteiger partial charge in [0.25, 0.3) is 0 Å². The average Bonchev–Trinajstić information content (AvgIpc) is 2.67. The second kappa shape index (κ2) is 5.06. The van der Waals surface area contributed by atoms with Crippen molar-refractivity contribution >= 4 is 23.0 Å². The Morgan fingerprint density at radius 2 is 2.05 bits per heavy atom. The number of hydrogen-bond acceptors (Lipinski definition) is 2. The SMILES string of the molecule is [2H][13C]([2H])([2H])N1CCN=C(c2ccccc2)c2cc(Cl)ccc21. The van der Waals surface area contributed by atoms with Gasteiger partial charge in [0.1, 0.15) is 0 Å². The lowest BCUT2D eigenvalue weighted by atomic mass is 10.0. The lowest BCUT2D eigenvalue weighted by Gasteiger charge is -2.19. The molecule has 0 spiro atoms. The molecule has 3 heteroatoms. The van der Waals surface area contributed by atoms with Gasteiger partial charge in [-0.15, -0.1) is 0 Å². The Kier molecular flexibility index (Phi) is 2.44. The fraction of sp³-hybridized carbons (Fsp3) is 0.188. The van der Waals surface area contributed by atoms with Gasteiger partial charge in [0, 0.05) is 39.5 Å². The number of rotatable bonds is 1. The molecule has 0 fully saturated rings. The van der Waals surface area contributed by atoms with Crippen molar-refractivity contribution in [2.75, 3.05) is 25.0 Å². The summed E-state index contributed by atoms with van der Waals surface area (Å²) in [7, 11) is 0. The average molecular weight is 275 g/mol. The molecule has 0 bridgehead atoms. The van der Waals surface area contributed by atoms with Gasteiger partial charge in [0.2, 0.25) is 0 Å². The fourth-order valence-electron chi connectivity index (χ4n) is 2.24. The molecule has 2 aromatic rings. The molecular weight excluding hydrogens is 257 g/mol. The molecule has 3 rings (SSSR count). The van der Waals surface area contributed by atoms with Gasteiger partial charge in [-0.25, -0.2) is 0 Å². The van der Waals surface area contributed by atoms with Gasteiger partial charge in [-0.3, -0.25) is 4.99 Å². The van der Waals surface area contributed by atoms with E-state index in [0.29, 0.717) is 23.8 Å². The lowest BCUT2D eigenvalue weighted by Crippen LogP contribution is -2.20. The molecule has 1 aliphatic rings. The van der Waals surface area contributed by atoms with E-state index in [1.54, 1.807) is 18.2 Å². The number of hydrogen-bond donors (Lipinski definition) is 0. The van der Waals surface area contributed by atoms with Crippen LogP contribution >= 0.6 is 11.6 Å². The Hall–Kier alpha value is -1.80. The van der Waals surface area contributed by atoms with Crippen LogP contribution in [0.1, 0.15) is 15.2 Å². The first-order valence-electron chi connectivity index (χ1n) is 7.64. The van der Waals surface area contributed by atoms with E-state index in [-0.39, 0.29) is 0 Å². The van der Waals surface area contributed by atoms with Crippen LogP contribution in [0.15, 0.2) is 53.5 Å². The van der Waals surface area contributed by atoms with Crippen LogP contribution < -0.4 is 4.90 Å². The van der Waals surface area contributed by atoms with E-state index in [1.165, 1.54) is 4.90 Å². The number of fused-ring (bicyclic) bond motifs is 1. The normalized spacial score (nSPS) is 17.6. The maximum atomic E-state index is 7.75. The van der Waals surface area contributed by atoms with E-state index < -0.39 is 6.98 Å². The van der Waals surface area contributed by atoms with E-state index in [9.17, 15) is 0 Å². The predicted octanol–water partition coefficient (Wildman–Crippen LogP) is 3.63. The minimum absolute atomic E-state index is 0.349. The molecule has 0 amide bonds. The molecular formula is C16H15ClN2. The van der Waals surface area contributed by atoms with Gasteiger partial charge < -0.3 is 4.90 Å². The molecule has 2 nitrogen and oxygen atoms in total. The van der Waals surface area contributed by atoms with E-state index >= 15 is 0 Å². The van der Waals surface area contributed by atoms with Crippen molar-refractivity contribution < 1.29 is 4.11 Å². The smallest absolute Gasteiger partial charge is 0.0741 e. The molecule has 1 aliphatic heterocycles. The number of benzodiazepines with no additional fused rings is 1. The Morgan fingerprint density at radius 1 is 1.21 bits per heavy atom. The molecule has 96 valence electrons. The van der Waals surface area contributed by atoms with Crippen LogP contribution in [0.25, 0.3) is 0 Å². The Morgan fingerprint density at radius 3 is 2.84 bits per heavy atom. The third-order valence-corrected chi connectivity index (χ3v) is 3.38. The van der Waals surface area contributed by atoms with Crippen molar-refractivity contribution in [2.45, 2.75) is 0 Å². The number of halogens is 1. The molecule has 0 aromatic heterocycles. The fourth-order valence-corrected chi connectivity index (χ4v) is 2.42. The van der Waals surface area contributed by atoms with Gasteiger partial charge >= 0.3 is 0 Å². The summed E-state index contributed by atoms with van der Waals surface area (Å²) in [6.45, 7) is -1.43. The molecule has 0 saturated carbocycles. The molecule has 0 N–H and O–H groups in total. The lowest BCUT2D eigenvalue weighted by molar-refractivity contribution is 0.896. The number of nitrogens with zero attached hydrogens (tertiary/aromatic N) is 2. The molecule has 0 saturated heterocycles. The maximum absolute atomic E-state index is 7.75. The summed E-state index contributed by atoms with van der Waals surface area (Å²) in [5, 5.41) is 0.565. The quantitative estimate of drug-likeness (QED) is 0.725. The summed E-state index contributed by atoms with van der Waals surface area (Å²) in [6.07, 6.45) is 0. The van der Waals surface area contributed by atoms with E-state index in [2.05, 4.69) is 4.99 Å². The van der Waals surface area contributed by atoms with Gasteiger partial charge in [-0.1, -0.05) is 41.9 Å². The number of likely N-dealkylation sites (N-methyl/N-ethyl adjacent to an activating group) is 1. The second-order valence-electron chi connectivity index (χ2n) is 4.41. The van der Waals surface area contributed by atoms with Crippen molar-refractivity contribution in [1.82, 2.24) is 0 Å². The zero-order chi connectivity index (χ0) is 15.7. The molecule has 0 radical (unpaired) electrons. The van der Waals surface area contributed by atoms with E-state index in [4.69, 9.17) is 15.7 Å². The summed E-state index contributed by atoms with van der Waals surface area (Å²) in [5.41, 5.74) is 3.14. The summed E-state index contributed by atoms with van der Waals surface area (Å²) in [4.78, 5) is 6.02. The highest BCUT2D eigenvalue weighted by Gasteiger charge is 2.17. The van der Waals surface area contributed by atoms with Crippen LogP contribution in [0.5, 0.6) is 0 Å². The summed E-state index contributed by atoms with van der Waals surface area (Å²) in [6, 6.07) is 15.0. The Balaban J connectivity index is 2.18. The van der Waals surface area contributed by atoms with Crippen molar-refractivity contribution in [3.63, 3.8) is 0 Å². The largest absolute Gasteiger partial charge is 0.372 e. The molecule has 19 heavy (non-hydrogen) atoms. The van der Waals surface area contributed by atoms with Crippen molar-refractivity contribution in [3.05, 3.63) is 64.7 Å². The van der Waals surface area contributed by atoms with E-state index in [0.717, 1.165) is 16.8 Å². The highest BCUT2D eigenvalue weighted by molar-refractivity contribution is 6.31. The first kappa shape index (κ1) is 9.16. The van der Waals surface area contributed by atoms with Crippen LogP contribution in [0.2, 0.25) is 5.02 Å². The monoisotopic (exact) mass is 274 g/mol. The molecule has 2 aromatic carbocycles. The standard InChI is InChI=1S/C16H15ClN2/c1-19-10-9-18-16(12-5-3-2-4-6-12)14-11-13(17)7-8-15(14)19/h2-8,11H,9-10H2,1H3/i1+1D3. The summed E-state index contributed by atoms with van der Waals surface area (Å²) in [5.74, 6) is 0. The van der Waals surface area contributed by atoms with Crippen molar-refractivity contribution in [1.29, 1.82) is 0 Å². The van der Waals surface area contributed by atoms with Crippen LogP contribution in [0.4, 0.5) is 5.69 Å². The first-order valence-corrected chi connectivity index (χ1v) is 6.52. The third-order valence-electron chi connectivity index (χ3n) is 3.15. The highest BCUT2D eigenvalue weighted by atomic mass is 35.5. The number of aliphatic imine (C=N–C) groups is 1. The molecule has 0 unspecified atom stereocenters. The van der Waals surface area contributed by atoms with Gasteiger partial charge in [0.15, 0.2) is 0 Å². The van der Waals surface area contributed by atoms with Crippen molar-refractivity contribution in [2.24, 2.45) is 4.99 Å². The summed E-state index contributed by atoms with van der Waals surface area (Å²) >= 11 is 6.13. The molecule has 0 aliphatic carbocycles. The minimum atomic E-state index is -2.20. The number of anilines is 1. The Labute approximate surface area is 122 Å². The van der Waals surface area contributed by atoms with Crippen LogP contribution in [0.3, 0.4) is 0 Å². The summed E-state index contributed by atoms with van der Waals surface area (Å²) < 4.78 is 23.3. The number of benzene rings is 2. The Bertz CT molecular complexity index is 711. The first-order chi connectivity index (χ1) is 10.5. The topological polar surface area (TPSA) is 15.6 Å². The maximum Gasteiger partial charge on any atom is 0.0741 e. The third kappa shape index (κ3) is 2.36. The van der Waals surface area contributed by atoms with Gasteiger partial charge in [0.05, 0.1) is 12.3 Å². The second-order valence-corrected chi connectivity index (χ2v) is 4.85. The van der Waals surface area contributed by atoms with Crippen LogP contribution in [0, 0.1) is 0 Å². The van der Waals surface area contributed by atoms with Crippen molar-refractivity contribution in [3.8, 4) is 0 Å². The zero-order valence-corrected chi connectivity index (χ0v) is 11.1.